The van der Waals surface area contributed by atoms with Gasteiger partial charge in [0.1, 0.15) is 5.82 Å². The average Bonchev–Trinajstić information content (AvgIpc) is 2.81. The van der Waals surface area contributed by atoms with Gasteiger partial charge in [-0.1, -0.05) is 11.6 Å². The van der Waals surface area contributed by atoms with Crippen LogP contribution in [0.25, 0.3) is 22.6 Å². The lowest BCUT2D eigenvalue weighted by Gasteiger charge is -2.01. The Balaban J connectivity index is 2.08. The number of fused-ring (bicyclic) bond motifs is 1. The molecule has 0 radical (unpaired) electrons. The Bertz CT molecular complexity index is 769. The minimum atomic E-state index is 0.550. The molecule has 2 aromatic heterocycles. The first-order chi connectivity index (χ1) is 9.67. The third-order valence-electron chi connectivity index (χ3n) is 2.86. The third-order valence-corrected chi connectivity index (χ3v) is 3.17. The van der Waals surface area contributed by atoms with Gasteiger partial charge in [-0.15, -0.1) is 0 Å². The predicted octanol–water partition coefficient (Wildman–Crippen LogP) is 3.26. The molecule has 20 heavy (non-hydrogen) atoms. The molecule has 0 atom stereocenters. The number of H-pyrrole nitrogens is 1. The van der Waals surface area contributed by atoms with Gasteiger partial charge >= 0.3 is 0 Å². The first-order valence-corrected chi connectivity index (χ1v) is 6.60. The zero-order chi connectivity index (χ0) is 14.1. The summed E-state index contributed by atoms with van der Waals surface area (Å²) in [5, 5.41) is 0.550. The Labute approximate surface area is 120 Å². The Hall–Kier alpha value is -2.27. The molecule has 6 heteroatoms. The van der Waals surface area contributed by atoms with Crippen molar-refractivity contribution in [3.63, 3.8) is 0 Å². The smallest absolute Gasteiger partial charge is 0.215 e. The van der Waals surface area contributed by atoms with E-state index in [-0.39, 0.29) is 0 Å². The topological polar surface area (TPSA) is 76.8 Å². The molecule has 0 saturated heterocycles. The van der Waals surface area contributed by atoms with E-state index >= 15 is 0 Å². The van der Waals surface area contributed by atoms with E-state index in [0.717, 1.165) is 11.1 Å². The van der Waals surface area contributed by atoms with Gasteiger partial charge in [-0.3, -0.25) is 0 Å². The van der Waals surface area contributed by atoms with Crippen molar-refractivity contribution in [3.05, 3.63) is 35.4 Å². The molecule has 5 nitrogen and oxygen atoms in total. The van der Waals surface area contributed by atoms with Gasteiger partial charge in [0.15, 0.2) is 5.65 Å². The molecule has 0 bridgehead atoms. The maximum Gasteiger partial charge on any atom is 0.215 e. The summed E-state index contributed by atoms with van der Waals surface area (Å²) in [6.07, 6.45) is 0. The van der Waals surface area contributed by atoms with Gasteiger partial charge in [0.05, 0.1) is 17.1 Å². The molecule has 0 fully saturated rings. The molecule has 0 spiro atoms. The molecule has 2 heterocycles. The van der Waals surface area contributed by atoms with E-state index < -0.39 is 0 Å². The summed E-state index contributed by atoms with van der Waals surface area (Å²) in [7, 11) is 0. The lowest BCUT2D eigenvalue weighted by atomic mass is 10.2. The van der Waals surface area contributed by atoms with Crippen LogP contribution in [0.3, 0.4) is 0 Å². The fourth-order valence-corrected chi connectivity index (χ4v) is 2.23. The number of ether oxygens (including phenoxy) is 1. The number of hydrogen-bond acceptors (Lipinski definition) is 4. The fourth-order valence-electron chi connectivity index (χ4n) is 1.95. The van der Waals surface area contributed by atoms with E-state index in [2.05, 4.69) is 15.0 Å². The third kappa shape index (κ3) is 2.28. The number of halogens is 1. The first-order valence-electron chi connectivity index (χ1n) is 6.22. The second-order valence-electron chi connectivity index (χ2n) is 4.28. The van der Waals surface area contributed by atoms with Gasteiger partial charge in [-0.25, -0.2) is 4.98 Å². The highest BCUT2D eigenvalue weighted by Gasteiger charge is 2.10. The molecule has 3 N–H and O–H groups in total. The number of anilines is 1. The number of rotatable bonds is 3. The van der Waals surface area contributed by atoms with Gasteiger partial charge in [0, 0.05) is 17.3 Å². The Morgan fingerprint density at radius 2 is 2.10 bits per heavy atom. The summed E-state index contributed by atoms with van der Waals surface area (Å²) in [6.45, 7) is 2.48. The molecule has 1 aromatic carbocycles. The summed E-state index contributed by atoms with van der Waals surface area (Å²) >= 11 is 6.19. The maximum absolute atomic E-state index is 6.19. The molecular formula is C14H13ClN4O. The summed E-state index contributed by atoms with van der Waals surface area (Å²) in [4.78, 5) is 12.0. The van der Waals surface area contributed by atoms with E-state index in [1.165, 1.54) is 0 Å². The largest absolute Gasteiger partial charge is 0.478 e. The number of benzene rings is 1. The van der Waals surface area contributed by atoms with Crippen LogP contribution in [0, 0.1) is 0 Å². The van der Waals surface area contributed by atoms with E-state index in [1.807, 2.05) is 19.1 Å². The fraction of sp³-hybridized carbons (Fsp3) is 0.143. The van der Waals surface area contributed by atoms with E-state index in [4.69, 9.17) is 22.1 Å². The molecule has 0 saturated carbocycles. The zero-order valence-corrected chi connectivity index (χ0v) is 11.6. The lowest BCUT2D eigenvalue weighted by molar-refractivity contribution is 0.328. The maximum atomic E-state index is 6.19. The van der Waals surface area contributed by atoms with E-state index in [9.17, 15) is 0 Å². The van der Waals surface area contributed by atoms with Crippen LogP contribution in [-0.2, 0) is 0 Å². The van der Waals surface area contributed by atoms with Crippen LogP contribution < -0.4 is 10.5 Å². The van der Waals surface area contributed by atoms with Crippen molar-refractivity contribution in [2.45, 2.75) is 6.92 Å². The Morgan fingerprint density at radius 1 is 1.25 bits per heavy atom. The summed E-state index contributed by atoms with van der Waals surface area (Å²) < 4.78 is 5.36. The second kappa shape index (κ2) is 5.02. The molecule has 0 aliphatic heterocycles. The molecule has 0 aliphatic carbocycles. The van der Waals surface area contributed by atoms with Crippen LogP contribution in [0.4, 0.5) is 5.69 Å². The minimum absolute atomic E-state index is 0.550. The van der Waals surface area contributed by atoms with Crippen molar-refractivity contribution >= 4 is 28.5 Å². The standard InChI is InChI=1S/C14H13ClN4O/c1-2-20-12-6-5-11-14(18-12)19-13(17-11)9-4-3-8(16)7-10(9)15/h3-7H,2,16H2,1H3,(H,17,18,19). The number of pyridine rings is 1. The molecule has 3 rings (SSSR count). The van der Waals surface area contributed by atoms with Crippen LogP contribution in [0.15, 0.2) is 30.3 Å². The molecule has 0 unspecified atom stereocenters. The highest BCUT2D eigenvalue weighted by Crippen LogP contribution is 2.29. The van der Waals surface area contributed by atoms with Crippen molar-refractivity contribution in [2.75, 3.05) is 12.3 Å². The molecular weight excluding hydrogens is 276 g/mol. The molecule has 0 amide bonds. The van der Waals surface area contributed by atoms with Gasteiger partial charge in [0.2, 0.25) is 5.88 Å². The highest BCUT2D eigenvalue weighted by molar-refractivity contribution is 6.33. The zero-order valence-electron chi connectivity index (χ0n) is 10.9. The monoisotopic (exact) mass is 288 g/mol. The number of imidazole rings is 1. The number of aromatic amines is 1. The number of hydrogen-bond donors (Lipinski definition) is 2. The molecule has 102 valence electrons. The normalized spacial score (nSPS) is 10.9. The van der Waals surface area contributed by atoms with Crippen molar-refractivity contribution in [1.29, 1.82) is 0 Å². The number of nitrogens with two attached hydrogens (primary N) is 1. The van der Waals surface area contributed by atoms with Crippen LogP contribution in [0.5, 0.6) is 5.88 Å². The van der Waals surface area contributed by atoms with Crippen LogP contribution in [-0.4, -0.2) is 21.6 Å². The molecule has 3 aromatic rings. The summed E-state index contributed by atoms with van der Waals surface area (Å²) in [6, 6.07) is 9.00. The van der Waals surface area contributed by atoms with Gasteiger partial charge in [-0.2, -0.15) is 4.98 Å². The van der Waals surface area contributed by atoms with Gasteiger partial charge in [-0.05, 0) is 31.2 Å². The van der Waals surface area contributed by atoms with Crippen molar-refractivity contribution in [3.8, 4) is 17.3 Å². The van der Waals surface area contributed by atoms with E-state index in [1.54, 1.807) is 18.2 Å². The van der Waals surface area contributed by atoms with Crippen molar-refractivity contribution in [2.24, 2.45) is 0 Å². The van der Waals surface area contributed by atoms with Gasteiger partial charge < -0.3 is 15.5 Å². The predicted molar refractivity (Wildman–Crippen MR) is 79.9 cm³/mol. The van der Waals surface area contributed by atoms with Crippen LogP contribution in [0.1, 0.15) is 6.92 Å². The number of nitrogens with one attached hydrogen (secondary N) is 1. The lowest BCUT2D eigenvalue weighted by Crippen LogP contribution is -1.93. The molecule has 0 aliphatic rings. The highest BCUT2D eigenvalue weighted by atomic mass is 35.5. The summed E-state index contributed by atoms with van der Waals surface area (Å²) in [5.41, 5.74) is 8.52. The quantitative estimate of drug-likeness (QED) is 0.725. The SMILES string of the molecule is CCOc1ccc2[nH]c(-c3ccc(N)cc3Cl)nc2n1. The number of aromatic nitrogens is 3. The van der Waals surface area contributed by atoms with E-state index in [0.29, 0.717) is 34.7 Å². The minimum Gasteiger partial charge on any atom is -0.478 e. The first kappa shape index (κ1) is 12.7. The van der Waals surface area contributed by atoms with Crippen molar-refractivity contribution < 1.29 is 4.74 Å². The Morgan fingerprint density at radius 3 is 2.85 bits per heavy atom. The number of nitrogen functional groups attached to an aromatic ring is 1. The average molecular weight is 289 g/mol. The van der Waals surface area contributed by atoms with Gasteiger partial charge in [0.25, 0.3) is 0 Å². The second-order valence-corrected chi connectivity index (χ2v) is 4.69. The summed E-state index contributed by atoms with van der Waals surface area (Å²) in [5.74, 6) is 1.22. The number of nitrogens with zero attached hydrogens (tertiary/aromatic N) is 2. The van der Waals surface area contributed by atoms with Crippen molar-refractivity contribution in [1.82, 2.24) is 15.0 Å². The Kier molecular flexibility index (Phi) is 3.20. The van der Waals surface area contributed by atoms with Crippen LogP contribution in [0.2, 0.25) is 5.02 Å². The van der Waals surface area contributed by atoms with Crippen LogP contribution >= 0.6 is 11.6 Å².